The van der Waals surface area contributed by atoms with Crippen molar-refractivity contribution in [2.75, 3.05) is 0 Å². The van der Waals surface area contributed by atoms with Gasteiger partial charge in [0.05, 0.1) is 0 Å². The zero-order valence-electron chi connectivity index (χ0n) is 4.48. The van der Waals surface area contributed by atoms with E-state index in [1.54, 1.807) is 0 Å². The van der Waals surface area contributed by atoms with Crippen molar-refractivity contribution in [1.29, 1.82) is 0 Å². The number of hydrogen-bond donors (Lipinski definition) is 1. The van der Waals surface area contributed by atoms with Gasteiger partial charge in [-0.25, -0.2) is 0 Å². The summed E-state index contributed by atoms with van der Waals surface area (Å²) >= 11 is 0. The number of fused-ring (bicyclic) bond motifs is 1. The van der Waals surface area contributed by atoms with Gasteiger partial charge in [0.25, 0.3) is 0 Å². The number of nitrogens with two attached hydrogens (primary N) is 1. The third-order valence-electron chi connectivity index (χ3n) is 2.47. The van der Waals surface area contributed by atoms with Crippen LogP contribution in [-0.2, 0) is 0 Å². The summed E-state index contributed by atoms with van der Waals surface area (Å²) in [5.41, 5.74) is 6.21. The van der Waals surface area contributed by atoms with E-state index in [0.717, 1.165) is 5.92 Å². The van der Waals surface area contributed by atoms with Crippen LogP contribution < -0.4 is 5.73 Å². The molecule has 0 amide bonds. The van der Waals surface area contributed by atoms with Gasteiger partial charge < -0.3 is 5.73 Å². The molecule has 0 radical (unpaired) electrons. The molecule has 0 aromatic heterocycles. The Balaban J connectivity index is 2.17. The van der Waals surface area contributed by atoms with Gasteiger partial charge in [0.15, 0.2) is 0 Å². The second kappa shape index (κ2) is 0.873. The lowest BCUT2D eigenvalue weighted by atomic mass is 10.2. The largest absolute Gasteiger partial charge is 0.325 e. The molecule has 2 saturated carbocycles. The Kier molecular flexibility index (Phi) is 0.487. The summed E-state index contributed by atoms with van der Waals surface area (Å²) in [6, 6.07) is 0. The van der Waals surface area contributed by atoms with Crippen LogP contribution in [0.25, 0.3) is 0 Å². The molecular formula is C6H11N. The van der Waals surface area contributed by atoms with Gasteiger partial charge in [-0.1, -0.05) is 6.42 Å². The second-order valence-electron chi connectivity index (χ2n) is 3.03. The van der Waals surface area contributed by atoms with Crippen molar-refractivity contribution in [2.45, 2.75) is 31.2 Å². The van der Waals surface area contributed by atoms with Crippen LogP contribution in [0.4, 0.5) is 0 Å². The van der Waals surface area contributed by atoms with Crippen LogP contribution in [0.1, 0.15) is 25.7 Å². The van der Waals surface area contributed by atoms with Crippen LogP contribution in [-0.4, -0.2) is 5.54 Å². The Morgan fingerprint density at radius 1 is 1.57 bits per heavy atom. The van der Waals surface area contributed by atoms with Gasteiger partial charge in [0.1, 0.15) is 0 Å². The molecule has 0 spiro atoms. The summed E-state index contributed by atoms with van der Waals surface area (Å²) in [5, 5.41) is 0. The minimum Gasteiger partial charge on any atom is -0.325 e. The predicted octanol–water partition coefficient (Wildman–Crippen LogP) is 0.888. The molecule has 2 N–H and O–H groups in total. The van der Waals surface area contributed by atoms with Gasteiger partial charge in [-0.15, -0.1) is 0 Å². The summed E-state index contributed by atoms with van der Waals surface area (Å²) < 4.78 is 0. The average molecular weight is 97.2 g/mol. The van der Waals surface area contributed by atoms with Crippen molar-refractivity contribution in [3.8, 4) is 0 Å². The van der Waals surface area contributed by atoms with E-state index in [2.05, 4.69) is 0 Å². The molecule has 0 heterocycles. The molecule has 2 aliphatic carbocycles. The highest BCUT2D eigenvalue weighted by Gasteiger charge is 2.53. The molecule has 0 unspecified atom stereocenters. The summed E-state index contributed by atoms with van der Waals surface area (Å²) in [6.07, 6.45) is 5.43. The van der Waals surface area contributed by atoms with Crippen molar-refractivity contribution in [3.63, 3.8) is 0 Å². The molecule has 0 aromatic carbocycles. The highest BCUT2D eigenvalue weighted by atomic mass is 14.9. The summed E-state index contributed by atoms with van der Waals surface area (Å²) in [5.74, 6) is 0.937. The van der Waals surface area contributed by atoms with Crippen LogP contribution >= 0.6 is 0 Å². The first-order valence-corrected chi connectivity index (χ1v) is 3.10. The lowest BCUT2D eigenvalue weighted by Crippen LogP contribution is -2.20. The summed E-state index contributed by atoms with van der Waals surface area (Å²) in [7, 11) is 0. The van der Waals surface area contributed by atoms with Crippen molar-refractivity contribution in [3.05, 3.63) is 0 Å². The third-order valence-corrected chi connectivity index (χ3v) is 2.47. The lowest BCUT2D eigenvalue weighted by Gasteiger charge is -1.97. The Labute approximate surface area is 43.9 Å². The van der Waals surface area contributed by atoms with E-state index >= 15 is 0 Å². The Hall–Kier alpha value is -0.0400. The smallest absolute Gasteiger partial charge is 0.0186 e. The topological polar surface area (TPSA) is 26.0 Å². The van der Waals surface area contributed by atoms with Crippen LogP contribution in [0, 0.1) is 5.92 Å². The first-order valence-electron chi connectivity index (χ1n) is 3.10. The van der Waals surface area contributed by atoms with E-state index in [4.69, 9.17) is 5.73 Å². The SMILES string of the molecule is N[C@]12CCC[C@H]1C2. The van der Waals surface area contributed by atoms with Gasteiger partial charge in [-0.05, 0) is 25.2 Å². The van der Waals surface area contributed by atoms with E-state index < -0.39 is 0 Å². The zero-order valence-corrected chi connectivity index (χ0v) is 4.48. The fourth-order valence-corrected chi connectivity index (χ4v) is 1.77. The molecule has 0 aromatic rings. The van der Waals surface area contributed by atoms with Gasteiger partial charge in [0.2, 0.25) is 0 Å². The molecule has 2 rings (SSSR count). The standard InChI is InChI=1S/C6H11N/c7-6-3-1-2-5(6)4-6/h5H,1-4,7H2/t5-,6-/m0/s1. The zero-order chi connectivity index (χ0) is 4.91. The van der Waals surface area contributed by atoms with Crippen molar-refractivity contribution >= 4 is 0 Å². The molecule has 1 nitrogen and oxygen atoms in total. The van der Waals surface area contributed by atoms with Crippen LogP contribution in [0.3, 0.4) is 0 Å². The molecule has 1 heteroatoms. The minimum absolute atomic E-state index is 0.361. The molecule has 2 aliphatic rings. The second-order valence-corrected chi connectivity index (χ2v) is 3.03. The number of hydrogen-bond acceptors (Lipinski definition) is 1. The highest BCUT2D eigenvalue weighted by Crippen LogP contribution is 2.53. The third kappa shape index (κ3) is 0.367. The van der Waals surface area contributed by atoms with Crippen molar-refractivity contribution < 1.29 is 0 Å². The summed E-state index contributed by atoms with van der Waals surface area (Å²) in [6.45, 7) is 0. The van der Waals surface area contributed by atoms with E-state index in [0.29, 0.717) is 5.54 Å². The monoisotopic (exact) mass is 97.1 g/mol. The average Bonchev–Trinajstić information content (AvgIpc) is 2.09. The maximum absolute atomic E-state index is 5.85. The fourth-order valence-electron chi connectivity index (χ4n) is 1.77. The van der Waals surface area contributed by atoms with Gasteiger partial charge >= 0.3 is 0 Å². The highest BCUT2D eigenvalue weighted by molar-refractivity contribution is 5.11. The van der Waals surface area contributed by atoms with E-state index in [1.165, 1.54) is 25.7 Å². The van der Waals surface area contributed by atoms with Crippen molar-refractivity contribution in [2.24, 2.45) is 11.7 Å². The molecule has 2 atom stereocenters. The van der Waals surface area contributed by atoms with Gasteiger partial charge in [0, 0.05) is 5.54 Å². The maximum atomic E-state index is 5.85. The van der Waals surface area contributed by atoms with Gasteiger partial charge in [-0.2, -0.15) is 0 Å². The van der Waals surface area contributed by atoms with Crippen LogP contribution in [0.15, 0.2) is 0 Å². The number of rotatable bonds is 0. The van der Waals surface area contributed by atoms with Crippen molar-refractivity contribution in [1.82, 2.24) is 0 Å². The molecule has 0 aliphatic heterocycles. The van der Waals surface area contributed by atoms with E-state index in [-0.39, 0.29) is 0 Å². The Morgan fingerprint density at radius 2 is 2.43 bits per heavy atom. The Morgan fingerprint density at radius 3 is 2.57 bits per heavy atom. The maximum Gasteiger partial charge on any atom is 0.0186 e. The minimum atomic E-state index is 0.361. The molecule has 2 fully saturated rings. The molecule has 0 bridgehead atoms. The van der Waals surface area contributed by atoms with Crippen LogP contribution in [0.2, 0.25) is 0 Å². The van der Waals surface area contributed by atoms with Gasteiger partial charge in [-0.3, -0.25) is 0 Å². The lowest BCUT2D eigenvalue weighted by molar-refractivity contribution is 0.645. The Bertz CT molecular complexity index is 98.4. The van der Waals surface area contributed by atoms with E-state index in [9.17, 15) is 0 Å². The quantitative estimate of drug-likeness (QED) is 0.477. The normalized spacial score (nSPS) is 57.0. The van der Waals surface area contributed by atoms with E-state index in [1.807, 2.05) is 0 Å². The fraction of sp³-hybridized carbons (Fsp3) is 1.00. The first-order chi connectivity index (χ1) is 3.31. The molecule has 40 valence electrons. The molecule has 7 heavy (non-hydrogen) atoms. The molecular weight excluding hydrogens is 86.1 g/mol. The predicted molar refractivity (Wildman–Crippen MR) is 28.9 cm³/mol. The van der Waals surface area contributed by atoms with Crippen LogP contribution in [0.5, 0.6) is 0 Å². The first kappa shape index (κ1) is 3.90. The molecule has 0 saturated heterocycles. The summed E-state index contributed by atoms with van der Waals surface area (Å²) in [4.78, 5) is 0.